The van der Waals surface area contributed by atoms with Gasteiger partial charge in [-0.15, -0.1) is 0 Å². The van der Waals surface area contributed by atoms with E-state index in [0.29, 0.717) is 18.9 Å². The molecule has 3 amide bonds. The number of ether oxygens (including phenoxy) is 1. The first-order valence-corrected chi connectivity index (χ1v) is 8.95. The van der Waals surface area contributed by atoms with E-state index in [-0.39, 0.29) is 24.8 Å². The molecule has 3 N–H and O–H groups in total. The topological polar surface area (TPSA) is 95.6 Å². The van der Waals surface area contributed by atoms with E-state index < -0.39 is 6.03 Å². The molecule has 8 nitrogen and oxygen atoms in total. The Balaban J connectivity index is 1.38. The Morgan fingerprint density at radius 3 is 2.50 bits per heavy atom. The third-order valence-electron chi connectivity index (χ3n) is 4.14. The van der Waals surface area contributed by atoms with Gasteiger partial charge >= 0.3 is 6.03 Å². The summed E-state index contributed by atoms with van der Waals surface area (Å²) in [6, 6.07) is 8.92. The van der Waals surface area contributed by atoms with Crippen LogP contribution >= 0.6 is 0 Å². The summed E-state index contributed by atoms with van der Waals surface area (Å²) in [4.78, 5) is 30.2. The Morgan fingerprint density at radius 2 is 1.82 bits per heavy atom. The second kappa shape index (κ2) is 9.65. The van der Waals surface area contributed by atoms with E-state index in [9.17, 15) is 14.0 Å². The van der Waals surface area contributed by atoms with Crippen molar-refractivity contribution in [3.05, 3.63) is 54.0 Å². The maximum absolute atomic E-state index is 12.8. The number of amides is 3. The van der Waals surface area contributed by atoms with Crippen molar-refractivity contribution in [2.75, 3.05) is 43.1 Å². The van der Waals surface area contributed by atoms with Crippen LogP contribution in [0.2, 0.25) is 0 Å². The zero-order chi connectivity index (χ0) is 19.8. The maximum atomic E-state index is 12.8. The number of carbonyl (C=O) groups is 2. The molecule has 28 heavy (non-hydrogen) atoms. The Labute approximate surface area is 162 Å². The highest BCUT2D eigenvalue weighted by Crippen LogP contribution is 2.15. The van der Waals surface area contributed by atoms with Crippen LogP contribution in [0.1, 0.15) is 5.56 Å². The van der Waals surface area contributed by atoms with Crippen molar-refractivity contribution in [2.24, 2.45) is 0 Å². The molecule has 9 heteroatoms. The summed E-state index contributed by atoms with van der Waals surface area (Å²) in [5.74, 6) is 0.134. The number of carbonyl (C=O) groups excluding carboxylic acids is 2. The van der Waals surface area contributed by atoms with Gasteiger partial charge in [-0.05, 0) is 29.8 Å². The third-order valence-corrected chi connectivity index (χ3v) is 4.14. The van der Waals surface area contributed by atoms with Crippen LogP contribution in [0.3, 0.4) is 0 Å². The van der Waals surface area contributed by atoms with Gasteiger partial charge in [-0.3, -0.25) is 4.79 Å². The number of nitrogens with zero attached hydrogens (tertiary/aromatic N) is 2. The molecule has 0 radical (unpaired) electrons. The third kappa shape index (κ3) is 5.92. The van der Waals surface area contributed by atoms with E-state index in [1.54, 1.807) is 24.4 Å². The molecule has 1 aliphatic rings. The normalized spacial score (nSPS) is 13.7. The molecule has 2 heterocycles. The molecule has 1 aromatic carbocycles. The van der Waals surface area contributed by atoms with E-state index in [1.807, 2.05) is 6.07 Å². The van der Waals surface area contributed by atoms with E-state index in [4.69, 9.17) is 4.74 Å². The quantitative estimate of drug-likeness (QED) is 0.698. The number of hydrogen-bond acceptors (Lipinski definition) is 5. The predicted molar refractivity (Wildman–Crippen MR) is 103 cm³/mol. The lowest BCUT2D eigenvalue weighted by Crippen LogP contribution is -2.39. The fraction of sp³-hybridized carbons (Fsp3) is 0.316. The summed E-state index contributed by atoms with van der Waals surface area (Å²) < 4.78 is 18.1. The number of urea groups is 1. The van der Waals surface area contributed by atoms with Crippen LogP contribution in [0.15, 0.2) is 42.6 Å². The largest absolute Gasteiger partial charge is 0.378 e. The standard InChI is InChI=1S/C19H22FN5O3/c20-15-3-1-14(2-4-15)11-22-19(27)23-13-18(26)24-16-5-6-17(21-12-16)25-7-9-28-10-8-25/h1-6,12H,7-11,13H2,(H,24,26)(H2,22,23,27). The molecule has 0 bridgehead atoms. The van der Waals surface area contributed by atoms with Crippen molar-refractivity contribution in [3.63, 3.8) is 0 Å². The number of halogens is 1. The monoisotopic (exact) mass is 387 g/mol. The van der Waals surface area contributed by atoms with Gasteiger partial charge in [0.05, 0.1) is 31.6 Å². The average molecular weight is 387 g/mol. The highest BCUT2D eigenvalue weighted by atomic mass is 19.1. The molecular weight excluding hydrogens is 365 g/mol. The number of aromatic nitrogens is 1. The maximum Gasteiger partial charge on any atom is 0.315 e. The zero-order valence-corrected chi connectivity index (χ0v) is 15.3. The number of pyridine rings is 1. The van der Waals surface area contributed by atoms with Crippen molar-refractivity contribution < 1.29 is 18.7 Å². The molecular formula is C19H22FN5O3. The molecule has 0 spiro atoms. The highest BCUT2D eigenvalue weighted by molar-refractivity contribution is 5.94. The number of hydrogen-bond donors (Lipinski definition) is 3. The minimum Gasteiger partial charge on any atom is -0.378 e. The van der Waals surface area contributed by atoms with Gasteiger partial charge in [0.25, 0.3) is 0 Å². The predicted octanol–water partition coefficient (Wildman–Crippen LogP) is 1.50. The first-order chi connectivity index (χ1) is 13.6. The number of nitrogens with one attached hydrogen (secondary N) is 3. The molecule has 1 aliphatic heterocycles. The van der Waals surface area contributed by atoms with Gasteiger partial charge in [0, 0.05) is 19.6 Å². The lowest BCUT2D eigenvalue weighted by molar-refractivity contribution is -0.115. The van der Waals surface area contributed by atoms with Crippen LogP contribution in [-0.2, 0) is 16.1 Å². The van der Waals surface area contributed by atoms with Crippen molar-refractivity contribution in [1.29, 1.82) is 0 Å². The molecule has 0 saturated carbocycles. The lowest BCUT2D eigenvalue weighted by atomic mass is 10.2. The molecule has 2 aromatic rings. The lowest BCUT2D eigenvalue weighted by Gasteiger charge is -2.27. The summed E-state index contributed by atoms with van der Waals surface area (Å²) in [5.41, 5.74) is 1.31. The van der Waals surface area contributed by atoms with Gasteiger partial charge in [-0.1, -0.05) is 12.1 Å². The molecule has 1 fully saturated rings. The van der Waals surface area contributed by atoms with Gasteiger partial charge in [0.1, 0.15) is 11.6 Å². The fourth-order valence-corrected chi connectivity index (χ4v) is 2.65. The molecule has 0 atom stereocenters. The van der Waals surface area contributed by atoms with E-state index >= 15 is 0 Å². The van der Waals surface area contributed by atoms with Gasteiger partial charge in [-0.2, -0.15) is 0 Å². The second-order valence-electron chi connectivity index (χ2n) is 6.22. The molecule has 148 valence electrons. The molecule has 1 saturated heterocycles. The van der Waals surface area contributed by atoms with Crippen LogP contribution in [0.25, 0.3) is 0 Å². The first-order valence-electron chi connectivity index (χ1n) is 8.95. The summed E-state index contributed by atoms with van der Waals surface area (Å²) in [5, 5.41) is 7.75. The van der Waals surface area contributed by atoms with Crippen molar-refractivity contribution in [2.45, 2.75) is 6.54 Å². The zero-order valence-electron chi connectivity index (χ0n) is 15.3. The van der Waals surface area contributed by atoms with E-state index in [0.717, 1.165) is 24.5 Å². The number of rotatable bonds is 6. The SMILES string of the molecule is O=C(CNC(=O)NCc1ccc(F)cc1)Nc1ccc(N2CCOCC2)nc1. The van der Waals surface area contributed by atoms with Gasteiger partial charge in [-0.25, -0.2) is 14.2 Å². The van der Waals surface area contributed by atoms with Crippen LogP contribution in [0.5, 0.6) is 0 Å². The summed E-state index contributed by atoms with van der Waals surface area (Å²) in [6.45, 7) is 2.98. The highest BCUT2D eigenvalue weighted by Gasteiger charge is 2.12. The van der Waals surface area contributed by atoms with Crippen molar-refractivity contribution >= 4 is 23.4 Å². The summed E-state index contributed by atoms with van der Waals surface area (Å²) in [7, 11) is 0. The first kappa shape index (κ1) is 19.6. The van der Waals surface area contributed by atoms with Crippen LogP contribution in [0.4, 0.5) is 20.7 Å². The minimum atomic E-state index is -0.486. The van der Waals surface area contributed by atoms with E-state index in [2.05, 4.69) is 25.8 Å². The number of benzene rings is 1. The Bertz CT molecular complexity index is 792. The summed E-state index contributed by atoms with van der Waals surface area (Å²) in [6.07, 6.45) is 1.58. The van der Waals surface area contributed by atoms with Gasteiger partial charge < -0.3 is 25.6 Å². The van der Waals surface area contributed by atoms with Crippen LogP contribution in [-0.4, -0.2) is 49.8 Å². The Hall–Kier alpha value is -3.20. The minimum absolute atomic E-state index is 0.180. The average Bonchev–Trinajstić information content (AvgIpc) is 2.73. The van der Waals surface area contributed by atoms with Crippen molar-refractivity contribution in [3.8, 4) is 0 Å². The van der Waals surface area contributed by atoms with Gasteiger partial charge in [0.2, 0.25) is 5.91 Å². The fourth-order valence-electron chi connectivity index (χ4n) is 2.65. The molecule has 0 unspecified atom stereocenters. The Morgan fingerprint density at radius 1 is 1.07 bits per heavy atom. The molecule has 0 aliphatic carbocycles. The Kier molecular flexibility index (Phi) is 6.74. The van der Waals surface area contributed by atoms with Crippen LogP contribution < -0.4 is 20.9 Å². The second-order valence-corrected chi connectivity index (χ2v) is 6.22. The number of anilines is 2. The molecule has 3 rings (SSSR count). The smallest absolute Gasteiger partial charge is 0.315 e. The molecule has 1 aromatic heterocycles. The summed E-state index contributed by atoms with van der Waals surface area (Å²) >= 11 is 0. The van der Waals surface area contributed by atoms with Crippen LogP contribution in [0, 0.1) is 5.82 Å². The van der Waals surface area contributed by atoms with Gasteiger partial charge in [0.15, 0.2) is 0 Å². The van der Waals surface area contributed by atoms with Crippen molar-refractivity contribution in [1.82, 2.24) is 15.6 Å². The number of morpholine rings is 1. The van der Waals surface area contributed by atoms with E-state index in [1.165, 1.54) is 12.1 Å².